The molecule has 1 aromatic rings. The van der Waals surface area contributed by atoms with Crippen molar-refractivity contribution in [2.45, 2.75) is 32.4 Å². The highest BCUT2D eigenvalue weighted by Gasteiger charge is 2.14. The number of ether oxygens (including phenoxy) is 1. The van der Waals surface area contributed by atoms with Gasteiger partial charge in [-0.15, -0.1) is 0 Å². The first kappa shape index (κ1) is 15.4. The van der Waals surface area contributed by atoms with E-state index in [1.54, 1.807) is 27.0 Å². The van der Waals surface area contributed by atoms with Gasteiger partial charge in [0.1, 0.15) is 5.75 Å². The highest BCUT2D eigenvalue weighted by molar-refractivity contribution is 5.43. The van der Waals surface area contributed by atoms with Gasteiger partial charge in [0.05, 0.1) is 17.1 Å². The molecule has 0 amide bonds. The molecule has 0 heterocycles. The summed E-state index contributed by atoms with van der Waals surface area (Å²) in [4.78, 5) is 10.3. The second kappa shape index (κ2) is 6.49. The monoisotopic (exact) mass is 268 g/mol. The van der Waals surface area contributed by atoms with Crippen molar-refractivity contribution in [2.75, 3.05) is 13.7 Å². The number of aliphatic hydroxyl groups is 1. The van der Waals surface area contributed by atoms with E-state index in [1.165, 1.54) is 12.1 Å². The molecule has 0 fully saturated rings. The summed E-state index contributed by atoms with van der Waals surface area (Å²) in [5.41, 5.74) is -0.0169. The number of nitrogens with zero attached hydrogens (tertiary/aromatic N) is 1. The van der Waals surface area contributed by atoms with Gasteiger partial charge in [-0.3, -0.25) is 10.1 Å². The molecule has 2 N–H and O–H groups in total. The number of non-ortho nitro benzene ring substituents is 1. The summed E-state index contributed by atoms with van der Waals surface area (Å²) in [7, 11) is 1.76. The van der Waals surface area contributed by atoms with Gasteiger partial charge >= 0.3 is 0 Å². The summed E-state index contributed by atoms with van der Waals surface area (Å²) in [6.45, 7) is 4.26. The summed E-state index contributed by atoms with van der Waals surface area (Å²) < 4.78 is 5.58. The van der Waals surface area contributed by atoms with Crippen LogP contribution in [0.2, 0.25) is 0 Å². The summed E-state index contributed by atoms with van der Waals surface area (Å²) >= 11 is 0. The van der Waals surface area contributed by atoms with E-state index >= 15 is 0 Å². The van der Waals surface area contributed by atoms with E-state index in [0.717, 1.165) is 5.56 Å². The van der Waals surface area contributed by atoms with Crippen molar-refractivity contribution in [1.82, 2.24) is 5.32 Å². The van der Waals surface area contributed by atoms with Gasteiger partial charge in [-0.1, -0.05) is 0 Å². The summed E-state index contributed by atoms with van der Waals surface area (Å²) in [6, 6.07) is 4.50. The van der Waals surface area contributed by atoms with Gasteiger partial charge in [-0.25, -0.2) is 0 Å². The largest absolute Gasteiger partial charge is 0.493 e. The summed E-state index contributed by atoms with van der Waals surface area (Å²) in [5, 5.41) is 23.3. The van der Waals surface area contributed by atoms with Gasteiger partial charge in [0, 0.05) is 30.7 Å². The molecule has 0 saturated carbocycles. The van der Waals surface area contributed by atoms with Crippen molar-refractivity contribution in [2.24, 2.45) is 0 Å². The first-order valence-corrected chi connectivity index (χ1v) is 6.10. The van der Waals surface area contributed by atoms with E-state index in [9.17, 15) is 15.2 Å². The third-order valence-electron chi connectivity index (χ3n) is 2.59. The van der Waals surface area contributed by atoms with E-state index in [2.05, 4.69) is 5.32 Å². The van der Waals surface area contributed by atoms with Crippen molar-refractivity contribution >= 4 is 5.69 Å². The zero-order valence-electron chi connectivity index (χ0n) is 11.5. The quantitative estimate of drug-likeness (QED) is 0.582. The Balaban J connectivity index is 2.79. The molecule has 0 aromatic heterocycles. The van der Waals surface area contributed by atoms with Crippen LogP contribution in [0.15, 0.2) is 18.2 Å². The van der Waals surface area contributed by atoms with Gasteiger partial charge in [0.25, 0.3) is 5.69 Å². The molecule has 0 spiro atoms. The van der Waals surface area contributed by atoms with Gasteiger partial charge in [0.2, 0.25) is 0 Å². The zero-order chi connectivity index (χ0) is 14.5. The fourth-order valence-corrected chi connectivity index (χ4v) is 1.56. The molecule has 1 aromatic carbocycles. The Kier molecular flexibility index (Phi) is 5.26. The second-order valence-corrected chi connectivity index (χ2v) is 4.99. The smallest absolute Gasteiger partial charge is 0.270 e. The molecule has 106 valence electrons. The third kappa shape index (κ3) is 5.23. The predicted octanol–water partition coefficient (Wildman–Crippen LogP) is 1.85. The molecular formula is C13H20N2O4. The van der Waals surface area contributed by atoms with Gasteiger partial charge in [-0.05, 0) is 27.0 Å². The summed E-state index contributed by atoms with van der Waals surface area (Å²) in [5.74, 6) is 0.601. The van der Waals surface area contributed by atoms with E-state index in [0.29, 0.717) is 25.3 Å². The minimum atomic E-state index is -0.788. The molecule has 0 aliphatic heterocycles. The third-order valence-corrected chi connectivity index (χ3v) is 2.59. The molecule has 0 unspecified atom stereocenters. The van der Waals surface area contributed by atoms with E-state index < -0.39 is 10.5 Å². The first-order valence-electron chi connectivity index (χ1n) is 6.10. The van der Waals surface area contributed by atoms with Crippen LogP contribution in [0.4, 0.5) is 5.69 Å². The van der Waals surface area contributed by atoms with Gasteiger partial charge < -0.3 is 15.2 Å². The van der Waals surface area contributed by atoms with Crippen LogP contribution in [0.3, 0.4) is 0 Å². The lowest BCUT2D eigenvalue weighted by Gasteiger charge is -2.18. The lowest BCUT2D eigenvalue weighted by Crippen LogP contribution is -2.22. The van der Waals surface area contributed by atoms with Crippen LogP contribution in [0.1, 0.15) is 25.8 Å². The average Bonchev–Trinajstić information content (AvgIpc) is 2.29. The lowest BCUT2D eigenvalue weighted by atomic mass is 10.1. The standard InChI is InChI=1S/C13H20N2O4/c1-13(2,16)6-7-19-12-5-4-11(15(17)18)8-10(12)9-14-3/h4-5,8,14,16H,6-7,9H2,1-3H3. The average molecular weight is 268 g/mol. The SMILES string of the molecule is CNCc1cc([N+](=O)[O-])ccc1OCCC(C)(C)O. The number of nitrogens with one attached hydrogen (secondary N) is 1. The lowest BCUT2D eigenvalue weighted by molar-refractivity contribution is -0.384. The molecule has 0 atom stereocenters. The van der Waals surface area contributed by atoms with Crippen LogP contribution in [0.5, 0.6) is 5.75 Å². The molecule has 0 aliphatic rings. The van der Waals surface area contributed by atoms with E-state index in [-0.39, 0.29) is 5.69 Å². The fraction of sp³-hybridized carbons (Fsp3) is 0.538. The van der Waals surface area contributed by atoms with Crippen LogP contribution in [-0.2, 0) is 6.54 Å². The topological polar surface area (TPSA) is 84.6 Å². The Labute approximate surface area is 112 Å². The molecule has 0 saturated heterocycles. The number of hydrogen-bond acceptors (Lipinski definition) is 5. The van der Waals surface area contributed by atoms with E-state index in [1.807, 2.05) is 0 Å². The normalized spacial score (nSPS) is 11.4. The Bertz CT molecular complexity index is 441. The number of benzene rings is 1. The number of nitro groups is 1. The molecule has 1 rings (SSSR count). The highest BCUT2D eigenvalue weighted by atomic mass is 16.6. The van der Waals surface area contributed by atoms with Crippen molar-refractivity contribution in [3.05, 3.63) is 33.9 Å². The molecular weight excluding hydrogens is 248 g/mol. The van der Waals surface area contributed by atoms with Crippen LogP contribution in [0.25, 0.3) is 0 Å². The number of nitro benzene ring substituents is 1. The van der Waals surface area contributed by atoms with Crippen LogP contribution >= 0.6 is 0 Å². The minimum Gasteiger partial charge on any atom is -0.493 e. The Morgan fingerprint density at radius 2 is 2.16 bits per heavy atom. The zero-order valence-corrected chi connectivity index (χ0v) is 11.5. The van der Waals surface area contributed by atoms with E-state index in [4.69, 9.17) is 4.74 Å². The van der Waals surface area contributed by atoms with Crippen LogP contribution in [0, 0.1) is 10.1 Å². The van der Waals surface area contributed by atoms with Crippen LogP contribution < -0.4 is 10.1 Å². The second-order valence-electron chi connectivity index (χ2n) is 4.99. The molecule has 0 radical (unpaired) electrons. The van der Waals surface area contributed by atoms with Crippen molar-refractivity contribution < 1.29 is 14.8 Å². The summed E-state index contributed by atoms with van der Waals surface area (Å²) in [6.07, 6.45) is 0.489. The highest BCUT2D eigenvalue weighted by Crippen LogP contribution is 2.24. The predicted molar refractivity (Wildman–Crippen MR) is 72.3 cm³/mol. The van der Waals surface area contributed by atoms with Gasteiger partial charge in [-0.2, -0.15) is 0 Å². The van der Waals surface area contributed by atoms with Crippen molar-refractivity contribution in [1.29, 1.82) is 0 Å². The Morgan fingerprint density at radius 1 is 1.47 bits per heavy atom. The maximum absolute atomic E-state index is 10.7. The maximum atomic E-state index is 10.7. The fourth-order valence-electron chi connectivity index (χ4n) is 1.56. The Hall–Kier alpha value is -1.66. The number of rotatable bonds is 7. The van der Waals surface area contributed by atoms with Crippen LogP contribution in [-0.4, -0.2) is 29.3 Å². The first-order chi connectivity index (χ1) is 8.83. The maximum Gasteiger partial charge on any atom is 0.270 e. The molecule has 0 aliphatic carbocycles. The van der Waals surface area contributed by atoms with Crippen molar-refractivity contribution in [3.8, 4) is 5.75 Å². The number of hydrogen-bond donors (Lipinski definition) is 2. The van der Waals surface area contributed by atoms with Gasteiger partial charge in [0.15, 0.2) is 0 Å². The van der Waals surface area contributed by atoms with Crippen molar-refractivity contribution in [3.63, 3.8) is 0 Å². The molecule has 0 bridgehead atoms. The molecule has 6 nitrogen and oxygen atoms in total. The minimum absolute atomic E-state index is 0.0417. The molecule has 6 heteroatoms. The Morgan fingerprint density at radius 3 is 2.68 bits per heavy atom. The molecule has 19 heavy (non-hydrogen) atoms.